The van der Waals surface area contributed by atoms with Crippen molar-refractivity contribution in [3.8, 4) is 22.3 Å². The fraction of sp³-hybridized carbons (Fsp3) is 0.378. The standard InChI is InChI=1S/C45H46N.Ir/c1-42(2)30-19-29-23-41(46-25-33(29)38(42)24-30)28-15-18-36-40(22-28)45(7,8)35-17-14-27(21-39(35)44(36,5)6)26-13-16-32-31-11-9-10-12-34(31)43(3,4)37(32)20-26;/h9-17,20-23,25,30,38H,18-19,24H2,1-8H3;/q-1;. The van der Waals surface area contributed by atoms with Crippen molar-refractivity contribution in [1.82, 2.24) is 4.98 Å². The zero-order chi connectivity index (χ0) is 32.0. The molecule has 0 amide bonds. The fourth-order valence-electron chi connectivity index (χ4n) is 10.2. The van der Waals surface area contributed by atoms with E-state index in [1.165, 1.54) is 74.1 Å². The van der Waals surface area contributed by atoms with Crippen LogP contribution < -0.4 is 0 Å². The molecule has 47 heavy (non-hydrogen) atoms. The summed E-state index contributed by atoms with van der Waals surface area (Å²) in [6, 6.07) is 25.8. The monoisotopic (exact) mass is 793 g/mol. The van der Waals surface area contributed by atoms with Crippen molar-refractivity contribution in [3.05, 3.63) is 136 Å². The molecule has 0 aliphatic heterocycles. The Labute approximate surface area is 295 Å². The first-order valence-corrected chi connectivity index (χ1v) is 17.5. The third-order valence-corrected chi connectivity index (χ3v) is 13.5. The molecule has 10 rings (SSSR count). The van der Waals surface area contributed by atoms with Crippen molar-refractivity contribution < 1.29 is 20.1 Å². The van der Waals surface area contributed by atoms with Crippen LogP contribution in [0.3, 0.4) is 0 Å². The quantitative estimate of drug-likeness (QED) is 0.184. The molecule has 1 nitrogen and oxygen atoms in total. The normalized spacial score (nSPS) is 24.2. The van der Waals surface area contributed by atoms with Gasteiger partial charge in [-0.3, -0.25) is 0 Å². The second-order valence-corrected chi connectivity index (χ2v) is 17.1. The van der Waals surface area contributed by atoms with Crippen LogP contribution in [0, 0.1) is 17.8 Å². The van der Waals surface area contributed by atoms with Crippen molar-refractivity contribution in [3.63, 3.8) is 0 Å². The van der Waals surface area contributed by atoms with E-state index in [4.69, 9.17) is 4.98 Å². The van der Waals surface area contributed by atoms with E-state index in [0.717, 1.165) is 18.0 Å². The molecule has 4 aromatic rings. The summed E-state index contributed by atoms with van der Waals surface area (Å²) in [5, 5.41) is 0. The number of pyridine rings is 1. The maximum atomic E-state index is 5.09. The predicted molar refractivity (Wildman–Crippen MR) is 192 cm³/mol. The molecule has 2 bridgehead atoms. The van der Waals surface area contributed by atoms with Gasteiger partial charge in [0.2, 0.25) is 0 Å². The minimum atomic E-state index is -0.0837. The van der Waals surface area contributed by atoms with E-state index in [2.05, 4.69) is 141 Å². The van der Waals surface area contributed by atoms with E-state index in [1.807, 2.05) is 0 Å². The summed E-state index contributed by atoms with van der Waals surface area (Å²) in [5.74, 6) is 1.50. The van der Waals surface area contributed by atoms with E-state index < -0.39 is 0 Å². The molecule has 1 heterocycles. The molecular weight excluding hydrogens is 747 g/mol. The van der Waals surface area contributed by atoms with Gasteiger partial charge in [-0.15, -0.1) is 0 Å². The number of nitrogens with zero attached hydrogens (tertiary/aromatic N) is 1. The molecule has 0 spiro atoms. The number of rotatable bonds is 2. The van der Waals surface area contributed by atoms with Crippen molar-refractivity contribution in [2.45, 2.75) is 96.8 Å². The first-order chi connectivity index (χ1) is 21.8. The number of aromatic nitrogens is 1. The van der Waals surface area contributed by atoms with Crippen LogP contribution in [0.4, 0.5) is 0 Å². The van der Waals surface area contributed by atoms with Crippen molar-refractivity contribution in [1.29, 1.82) is 0 Å². The first-order valence-electron chi connectivity index (χ1n) is 17.5. The molecule has 0 saturated heterocycles. The van der Waals surface area contributed by atoms with Gasteiger partial charge in [-0.2, -0.15) is 18.1 Å². The smallest absolute Gasteiger partial charge is 0.0162 e. The van der Waals surface area contributed by atoms with E-state index in [0.29, 0.717) is 11.3 Å². The van der Waals surface area contributed by atoms with Crippen LogP contribution in [0.15, 0.2) is 90.1 Å². The van der Waals surface area contributed by atoms with E-state index in [1.54, 1.807) is 11.1 Å². The molecule has 241 valence electrons. The number of hydrogen-bond acceptors (Lipinski definition) is 1. The Balaban J connectivity index is 0.00000324. The minimum absolute atomic E-state index is 0. The summed E-state index contributed by atoms with van der Waals surface area (Å²) in [7, 11) is 0. The summed E-state index contributed by atoms with van der Waals surface area (Å²) >= 11 is 0. The summed E-state index contributed by atoms with van der Waals surface area (Å²) < 4.78 is 0. The number of hydrogen-bond donors (Lipinski definition) is 0. The molecule has 1 radical (unpaired) electrons. The molecule has 2 heteroatoms. The summed E-state index contributed by atoms with van der Waals surface area (Å²) in [4.78, 5) is 5.09. The van der Waals surface area contributed by atoms with Gasteiger partial charge in [0.05, 0.1) is 0 Å². The van der Waals surface area contributed by atoms with Crippen molar-refractivity contribution in [2.24, 2.45) is 11.3 Å². The SMILES string of the molecule is CC1(C)C2=C(C[CH-]C(c3cc4c(cn3)C3CC(C4)C3(C)C)=C2)C(C)(C)c2cc(-c3ccc4c(c3)C(C)(C)c3ccccc3-4)ccc21.[Ir]. The van der Waals surface area contributed by atoms with Gasteiger partial charge in [-0.1, -0.05) is 133 Å². The molecular formula is C45H46IrN-. The molecule has 0 N–H and O–H groups in total. The Morgan fingerprint density at radius 1 is 0.702 bits per heavy atom. The Morgan fingerprint density at radius 2 is 1.40 bits per heavy atom. The summed E-state index contributed by atoms with van der Waals surface area (Å²) in [6.07, 6.45) is 10.7. The number of benzene rings is 3. The first kappa shape index (κ1) is 31.1. The van der Waals surface area contributed by atoms with Gasteiger partial charge >= 0.3 is 0 Å². The Hall–Kier alpha value is -3.19. The Kier molecular flexibility index (Phi) is 6.57. The van der Waals surface area contributed by atoms with Crippen LogP contribution in [-0.2, 0) is 42.8 Å². The van der Waals surface area contributed by atoms with Gasteiger partial charge in [0, 0.05) is 42.5 Å². The zero-order valence-electron chi connectivity index (χ0n) is 29.1. The molecule has 1 fully saturated rings. The zero-order valence-corrected chi connectivity index (χ0v) is 31.5. The van der Waals surface area contributed by atoms with Crippen LogP contribution >= 0.6 is 0 Å². The number of allylic oxidation sites excluding steroid dienone is 4. The van der Waals surface area contributed by atoms with Gasteiger partial charge in [-0.05, 0) is 98.0 Å². The van der Waals surface area contributed by atoms with Gasteiger partial charge in [0.25, 0.3) is 0 Å². The van der Waals surface area contributed by atoms with Crippen LogP contribution in [0.1, 0.15) is 113 Å². The van der Waals surface area contributed by atoms with Crippen molar-refractivity contribution >= 4 is 5.57 Å². The van der Waals surface area contributed by atoms with E-state index in [-0.39, 0.29) is 36.4 Å². The second kappa shape index (κ2) is 9.93. The predicted octanol–water partition coefficient (Wildman–Crippen LogP) is 11.3. The average molecular weight is 793 g/mol. The maximum Gasteiger partial charge on any atom is 0.0162 e. The Morgan fingerprint density at radius 3 is 2.17 bits per heavy atom. The average Bonchev–Trinajstić information content (AvgIpc) is 3.28. The van der Waals surface area contributed by atoms with Gasteiger partial charge < -0.3 is 4.98 Å². The van der Waals surface area contributed by atoms with Crippen LogP contribution in [0.2, 0.25) is 0 Å². The molecule has 3 aromatic carbocycles. The largest absolute Gasteiger partial charge is 0.320 e. The molecule has 1 aromatic heterocycles. The second-order valence-electron chi connectivity index (χ2n) is 17.1. The van der Waals surface area contributed by atoms with Gasteiger partial charge in [-0.25, -0.2) is 0 Å². The minimum Gasteiger partial charge on any atom is -0.320 e. The van der Waals surface area contributed by atoms with Crippen molar-refractivity contribution in [2.75, 3.05) is 0 Å². The third-order valence-electron chi connectivity index (χ3n) is 13.5. The van der Waals surface area contributed by atoms with E-state index >= 15 is 0 Å². The van der Waals surface area contributed by atoms with Crippen LogP contribution in [0.25, 0.3) is 27.8 Å². The van der Waals surface area contributed by atoms with Gasteiger partial charge in [0.15, 0.2) is 0 Å². The summed E-state index contributed by atoms with van der Waals surface area (Å²) in [5.41, 5.74) is 20.0. The molecule has 6 aliphatic carbocycles. The molecule has 2 unspecified atom stereocenters. The fourth-order valence-corrected chi connectivity index (χ4v) is 10.2. The van der Waals surface area contributed by atoms with E-state index in [9.17, 15) is 0 Å². The topological polar surface area (TPSA) is 12.9 Å². The number of fused-ring (bicyclic) bond motifs is 4. The van der Waals surface area contributed by atoms with Crippen LogP contribution in [0.5, 0.6) is 0 Å². The van der Waals surface area contributed by atoms with Crippen LogP contribution in [-0.4, -0.2) is 4.98 Å². The molecule has 2 atom stereocenters. The van der Waals surface area contributed by atoms with Gasteiger partial charge in [0.1, 0.15) is 0 Å². The Bertz CT molecular complexity index is 2070. The summed E-state index contributed by atoms with van der Waals surface area (Å²) in [6.45, 7) is 19.4. The third kappa shape index (κ3) is 4.10. The molecule has 6 aliphatic rings. The maximum absolute atomic E-state index is 5.09. The molecule has 1 saturated carbocycles.